The van der Waals surface area contributed by atoms with E-state index in [2.05, 4.69) is 100 Å². The number of H-pyrrole nitrogens is 2. The molecule has 5 nitrogen and oxygen atoms in total. The van der Waals surface area contributed by atoms with Gasteiger partial charge in [0, 0.05) is 57.1 Å². The third-order valence-electron chi connectivity index (χ3n) is 9.70. The molecule has 230 valence electrons. The average Bonchev–Trinajstić information content (AvgIpc) is 3.79. The fourth-order valence-corrected chi connectivity index (χ4v) is 7.83. The minimum Gasteiger partial charge on any atom is -0.355 e. The van der Waals surface area contributed by atoms with E-state index in [1.165, 1.54) is 54.8 Å². The van der Waals surface area contributed by atoms with Gasteiger partial charge in [0.25, 0.3) is 0 Å². The molecule has 5 rings (SSSR count). The predicted octanol–water partition coefficient (Wildman–Crippen LogP) is 6.02. The van der Waals surface area contributed by atoms with E-state index >= 15 is 0 Å². The van der Waals surface area contributed by atoms with Crippen molar-refractivity contribution < 1.29 is 0 Å². The van der Waals surface area contributed by atoms with E-state index in [1.54, 1.807) is 6.08 Å². The van der Waals surface area contributed by atoms with Crippen molar-refractivity contribution in [3.05, 3.63) is 90.6 Å². The first kappa shape index (κ1) is 31.4. The van der Waals surface area contributed by atoms with Gasteiger partial charge in [-0.15, -0.1) is 0 Å². The predicted molar refractivity (Wildman–Crippen MR) is 185 cm³/mol. The number of aliphatic imine (C=N–C) groups is 1. The van der Waals surface area contributed by atoms with Crippen molar-refractivity contribution in [3.8, 4) is 6.07 Å². The third kappa shape index (κ3) is 5.09. The minimum atomic E-state index is 0.204. The second-order valence-electron chi connectivity index (χ2n) is 11.8. The van der Waals surface area contributed by atoms with E-state index in [1.807, 2.05) is 6.08 Å². The monoisotopic (exact) mass is 587 g/mol. The summed E-state index contributed by atoms with van der Waals surface area (Å²) in [5.74, 6) is 0.204. The maximum absolute atomic E-state index is 9.77. The minimum absolute atomic E-state index is 0.204. The van der Waals surface area contributed by atoms with E-state index in [-0.39, 0.29) is 5.92 Å². The lowest BCUT2D eigenvalue weighted by molar-refractivity contribution is 0.714. The van der Waals surface area contributed by atoms with Crippen LogP contribution < -0.4 is 21.4 Å². The zero-order chi connectivity index (χ0) is 31.5. The van der Waals surface area contributed by atoms with E-state index in [9.17, 15) is 5.26 Å². The molecule has 44 heavy (non-hydrogen) atoms. The molecule has 0 aliphatic carbocycles. The average molecular weight is 588 g/mol. The standard InChI is InChI=1S/C39H49N5/c1-9-26-28(11-3)36-32(15-7)37-29(12-4)30(13-5)38(43-37)33(18-17-21-40)39-31(14-6)27(10-2)35(44(39)16-8)23-25-20-19-24(41-25)22-34(26)42-36/h17-20,22-23,30,41-42H,9-16H2,1-8H3. The van der Waals surface area contributed by atoms with E-state index < -0.39 is 0 Å². The van der Waals surface area contributed by atoms with Crippen molar-refractivity contribution >= 4 is 29.0 Å². The van der Waals surface area contributed by atoms with Crippen molar-refractivity contribution in [2.75, 3.05) is 0 Å². The quantitative estimate of drug-likeness (QED) is 0.295. The van der Waals surface area contributed by atoms with Crippen LogP contribution in [0.15, 0.2) is 40.5 Å². The summed E-state index contributed by atoms with van der Waals surface area (Å²) in [6, 6.07) is 6.68. The van der Waals surface area contributed by atoms with Gasteiger partial charge in [-0.05, 0) is 110 Å². The maximum Gasteiger partial charge on any atom is 0.0912 e. The molecule has 1 atom stereocenters. The third-order valence-corrected chi connectivity index (χ3v) is 9.70. The highest BCUT2D eigenvalue weighted by Crippen LogP contribution is 2.38. The van der Waals surface area contributed by atoms with Crippen LogP contribution in [0.25, 0.3) is 23.3 Å². The number of nitrogens with one attached hydrogen (secondary N) is 2. The largest absolute Gasteiger partial charge is 0.355 e. The van der Waals surface area contributed by atoms with E-state index in [0.29, 0.717) is 0 Å². The van der Waals surface area contributed by atoms with E-state index in [0.717, 1.165) is 79.9 Å². The number of fused-ring (bicyclic) bond motifs is 7. The van der Waals surface area contributed by atoms with E-state index in [4.69, 9.17) is 4.99 Å². The summed E-state index contributed by atoms with van der Waals surface area (Å²) >= 11 is 0. The van der Waals surface area contributed by atoms with Crippen LogP contribution in [0.2, 0.25) is 0 Å². The Labute approximate surface area is 262 Å². The summed E-state index contributed by atoms with van der Waals surface area (Å²) in [7, 11) is 0. The molecule has 0 radical (unpaired) electrons. The molecule has 3 aromatic heterocycles. The van der Waals surface area contributed by atoms with Gasteiger partial charge in [0.1, 0.15) is 0 Å². The molecule has 0 saturated carbocycles. The summed E-state index contributed by atoms with van der Waals surface area (Å²) < 4.78 is 2.47. The summed E-state index contributed by atoms with van der Waals surface area (Å²) in [5.41, 5.74) is 13.8. The van der Waals surface area contributed by atoms with Crippen molar-refractivity contribution in [2.45, 2.75) is 107 Å². The van der Waals surface area contributed by atoms with Crippen molar-refractivity contribution in [1.29, 1.82) is 5.26 Å². The van der Waals surface area contributed by atoms with Crippen molar-refractivity contribution in [2.24, 2.45) is 10.9 Å². The fraction of sp³-hybridized carbons (Fsp3) is 0.436. The first-order valence-corrected chi connectivity index (χ1v) is 16.9. The molecular formula is C39H49N5. The number of rotatable bonds is 9. The molecule has 8 bridgehead atoms. The van der Waals surface area contributed by atoms with Crippen LogP contribution in [0.5, 0.6) is 0 Å². The van der Waals surface area contributed by atoms with Crippen molar-refractivity contribution in [3.63, 3.8) is 0 Å². The van der Waals surface area contributed by atoms with Gasteiger partial charge in [-0.1, -0.05) is 48.5 Å². The summed E-state index contributed by atoms with van der Waals surface area (Å²) in [6.07, 6.45) is 14.9. The highest BCUT2D eigenvalue weighted by atomic mass is 15.0. The van der Waals surface area contributed by atoms with Gasteiger partial charge in [-0.2, -0.15) is 5.26 Å². The molecule has 2 aliphatic rings. The van der Waals surface area contributed by atoms with Crippen LogP contribution >= 0.6 is 0 Å². The smallest absolute Gasteiger partial charge is 0.0912 e. The molecule has 5 heterocycles. The molecular weight excluding hydrogens is 538 g/mol. The number of allylic oxidation sites excluding steroid dienone is 4. The fourth-order valence-electron chi connectivity index (χ4n) is 7.83. The van der Waals surface area contributed by atoms with Gasteiger partial charge < -0.3 is 14.5 Å². The number of hydrogen-bond donors (Lipinski definition) is 2. The molecule has 0 fully saturated rings. The highest BCUT2D eigenvalue weighted by molar-refractivity contribution is 6.25. The van der Waals surface area contributed by atoms with Gasteiger partial charge in [0.05, 0.1) is 22.8 Å². The molecule has 0 saturated heterocycles. The number of nitrogens with zero attached hydrogens (tertiary/aromatic N) is 3. The molecule has 1 unspecified atom stereocenters. The Morgan fingerprint density at radius 3 is 2.07 bits per heavy atom. The van der Waals surface area contributed by atoms with Crippen LogP contribution in [0.4, 0.5) is 0 Å². The molecule has 2 N–H and O–H groups in total. The molecule has 5 heteroatoms. The SMILES string of the molecule is CCC1=C2N=C(C(C=CC#N)=c3c(CC)c(CC)c(n3CC)=Cc3ccc([nH]3)C=c3[nH]c(c(CC)c3CC)=C2CC)C1CC. The number of aromatic nitrogens is 3. The summed E-state index contributed by atoms with van der Waals surface area (Å²) in [5, 5.41) is 14.6. The lowest BCUT2D eigenvalue weighted by Crippen LogP contribution is -2.32. The Kier molecular flexibility index (Phi) is 9.49. The highest BCUT2D eigenvalue weighted by Gasteiger charge is 2.32. The lowest BCUT2D eigenvalue weighted by atomic mass is 9.85. The molecule has 0 aromatic carbocycles. The molecule has 2 aliphatic heterocycles. The summed E-state index contributed by atoms with van der Waals surface area (Å²) in [4.78, 5) is 13.2. The topological polar surface area (TPSA) is 72.7 Å². The Morgan fingerprint density at radius 1 is 0.818 bits per heavy atom. The van der Waals surface area contributed by atoms with Gasteiger partial charge in [-0.3, -0.25) is 4.99 Å². The molecule has 0 amide bonds. The van der Waals surface area contributed by atoms with Crippen LogP contribution in [-0.2, 0) is 32.2 Å². The number of aromatic amines is 2. The maximum atomic E-state index is 9.77. The second-order valence-corrected chi connectivity index (χ2v) is 11.8. The first-order chi connectivity index (χ1) is 21.4. The number of nitriles is 1. The van der Waals surface area contributed by atoms with Gasteiger partial charge in [0.2, 0.25) is 0 Å². The normalized spacial score (nSPS) is 16.4. The van der Waals surface area contributed by atoms with Crippen LogP contribution in [0.1, 0.15) is 108 Å². The molecule has 0 spiro atoms. The van der Waals surface area contributed by atoms with Gasteiger partial charge >= 0.3 is 0 Å². The zero-order valence-corrected chi connectivity index (χ0v) is 28.0. The summed E-state index contributed by atoms with van der Waals surface area (Å²) in [6.45, 7) is 18.9. The zero-order valence-electron chi connectivity index (χ0n) is 28.0. The van der Waals surface area contributed by atoms with Gasteiger partial charge in [0.15, 0.2) is 0 Å². The molecule has 3 aromatic rings. The Bertz CT molecular complexity index is 1960. The second kappa shape index (κ2) is 13.3. The Balaban J connectivity index is 2.09. The van der Waals surface area contributed by atoms with Crippen LogP contribution in [0, 0.1) is 17.2 Å². The van der Waals surface area contributed by atoms with Crippen molar-refractivity contribution in [1.82, 2.24) is 14.5 Å². The van der Waals surface area contributed by atoms with Gasteiger partial charge in [-0.25, -0.2) is 0 Å². The lowest BCUT2D eigenvalue weighted by Gasteiger charge is -2.17. The van der Waals surface area contributed by atoms with Crippen LogP contribution in [-0.4, -0.2) is 20.2 Å². The number of hydrogen-bond acceptors (Lipinski definition) is 2. The Morgan fingerprint density at radius 2 is 1.50 bits per heavy atom. The first-order valence-electron chi connectivity index (χ1n) is 16.9. The van der Waals surface area contributed by atoms with Crippen LogP contribution in [0.3, 0.4) is 0 Å². The Hall–Kier alpha value is -4.04.